The quantitative estimate of drug-likeness (QED) is 0.135. The van der Waals surface area contributed by atoms with Crippen LogP contribution < -0.4 is 0 Å². The molecular weight excluding hydrogens is 610 g/mol. The second-order valence-corrected chi connectivity index (χ2v) is 14.4. The fourth-order valence-corrected chi connectivity index (χ4v) is 8.07. The van der Waals surface area contributed by atoms with Gasteiger partial charge in [0.15, 0.2) is 0 Å². The number of nitrogens with zero attached hydrogens (tertiary/aromatic N) is 1. The standard InChI is InChI=1S/C39H47NO6S/c1-27-22-28(2)38(29(3)23-27)47(43,44)40(24-33-16-10-7-11-17-33)32(6)37(35-20-14-9-15-21-35)46-39(42)31(5)36(41)30(4)25-45-26-34-18-12-8-13-19-34/h7-23,30-32,36-37,41H,24-26H2,1-6H3/t30?,31-,32+,36+,37+/m1/s1. The monoisotopic (exact) mass is 657 g/mol. The maximum atomic E-state index is 14.6. The van der Waals surface area contributed by atoms with Crippen LogP contribution >= 0.6 is 0 Å². The van der Waals surface area contributed by atoms with Crippen molar-refractivity contribution < 1.29 is 27.8 Å². The minimum absolute atomic E-state index is 0.0753. The Morgan fingerprint density at radius 3 is 1.85 bits per heavy atom. The first-order valence-corrected chi connectivity index (χ1v) is 17.5. The predicted octanol–water partition coefficient (Wildman–Crippen LogP) is 7.33. The summed E-state index contributed by atoms with van der Waals surface area (Å²) in [6, 6.07) is 31.2. The van der Waals surface area contributed by atoms with Crippen LogP contribution in [-0.2, 0) is 37.4 Å². The SMILES string of the molecule is Cc1cc(C)c(S(=O)(=O)N(Cc2ccccc2)[C@@H](C)[C@H](OC(=O)[C@H](C)[C@@H](O)C(C)COCc2ccccc2)c2ccccc2)c(C)c1. The third-order valence-electron chi connectivity index (χ3n) is 8.58. The first kappa shape index (κ1) is 36.0. The zero-order valence-corrected chi connectivity index (χ0v) is 29.0. The van der Waals surface area contributed by atoms with Crippen LogP contribution in [0.4, 0.5) is 0 Å². The normalized spacial score (nSPS) is 15.1. The number of aryl methyl sites for hydroxylation is 3. The fourth-order valence-electron chi connectivity index (χ4n) is 6.04. The van der Waals surface area contributed by atoms with Gasteiger partial charge in [-0.1, -0.05) is 116 Å². The van der Waals surface area contributed by atoms with Crippen LogP contribution in [-0.4, -0.2) is 42.6 Å². The lowest BCUT2D eigenvalue weighted by molar-refractivity contribution is -0.162. The summed E-state index contributed by atoms with van der Waals surface area (Å²) in [5.41, 5.74) is 4.76. The highest BCUT2D eigenvalue weighted by atomic mass is 32.2. The number of benzene rings is 4. The number of carbonyl (C=O) groups excluding carboxylic acids is 1. The van der Waals surface area contributed by atoms with Gasteiger partial charge in [0.05, 0.1) is 36.2 Å². The van der Waals surface area contributed by atoms with Gasteiger partial charge in [-0.3, -0.25) is 4.79 Å². The molecule has 250 valence electrons. The summed E-state index contributed by atoms with van der Waals surface area (Å²) < 4.78 is 42.7. The summed E-state index contributed by atoms with van der Waals surface area (Å²) in [6.45, 7) is 11.5. The smallest absolute Gasteiger partial charge is 0.311 e. The lowest BCUT2D eigenvalue weighted by Gasteiger charge is -2.35. The van der Waals surface area contributed by atoms with Crippen LogP contribution in [0.1, 0.15) is 60.3 Å². The van der Waals surface area contributed by atoms with Crippen LogP contribution in [0, 0.1) is 32.6 Å². The van der Waals surface area contributed by atoms with Crippen molar-refractivity contribution in [1.82, 2.24) is 4.31 Å². The van der Waals surface area contributed by atoms with E-state index in [1.807, 2.05) is 117 Å². The van der Waals surface area contributed by atoms with Gasteiger partial charge < -0.3 is 14.6 Å². The lowest BCUT2D eigenvalue weighted by atomic mass is 9.93. The van der Waals surface area contributed by atoms with Crippen LogP contribution in [0.5, 0.6) is 0 Å². The van der Waals surface area contributed by atoms with Gasteiger partial charge in [-0.15, -0.1) is 0 Å². The second kappa shape index (κ2) is 16.3. The van der Waals surface area contributed by atoms with Gasteiger partial charge in [-0.25, -0.2) is 8.42 Å². The molecule has 0 bridgehead atoms. The fraction of sp³-hybridized carbons (Fsp3) is 0.359. The van der Waals surface area contributed by atoms with Crippen LogP contribution in [0.2, 0.25) is 0 Å². The topological polar surface area (TPSA) is 93.1 Å². The van der Waals surface area contributed by atoms with Gasteiger partial charge in [0.25, 0.3) is 0 Å². The zero-order valence-electron chi connectivity index (χ0n) is 28.2. The molecular formula is C39H47NO6S. The molecule has 1 unspecified atom stereocenters. The van der Waals surface area contributed by atoms with E-state index in [9.17, 15) is 18.3 Å². The molecule has 4 aromatic rings. The van der Waals surface area contributed by atoms with E-state index in [1.54, 1.807) is 27.7 Å². The number of hydrogen-bond donors (Lipinski definition) is 1. The minimum Gasteiger partial charge on any atom is -0.455 e. The van der Waals surface area contributed by atoms with Crippen LogP contribution in [0.3, 0.4) is 0 Å². The average Bonchev–Trinajstić information content (AvgIpc) is 3.05. The Labute approximate surface area is 280 Å². The van der Waals surface area contributed by atoms with E-state index in [0.29, 0.717) is 23.3 Å². The van der Waals surface area contributed by atoms with Gasteiger partial charge in [0.1, 0.15) is 6.10 Å². The molecule has 0 fully saturated rings. The Morgan fingerprint density at radius 1 is 0.787 bits per heavy atom. The number of hydrogen-bond acceptors (Lipinski definition) is 6. The molecule has 0 heterocycles. The highest BCUT2D eigenvalue weighted by Crippen LogP contribution is 2.34. The molecule has 7 nitrogen and oxygen atoms in total. The van der Waals surface area contributed by atoms with Crippen molar-refractivity contribution in [3.63, 3.8) is 0 Å². The Hall–Kier alpha value is -3.82. The molecule has 0 spiro atoms. The lowest BCUT2D eigenvalue weighted by Crippen LogP contribution is -2.44. The van der Waals surface area contributed by atoms with Crippen LogP contribution in [0.25, 0.3) is 0 Å². The van der Waals surface area contributed by atoms with Gasteiger partial charge in [-0.2, -0.15) is 4.31 Å². The molecule has 0 saturated carbocycles. The number of ether oxygens (including phenoxy) is 2. The molecule has 0 aliphatic rings. The van der Waals surface area contributed by atoms with Gasteiger partial charge >= 0.3 is 5.97 Å². The van der Waals surface area contributed by atoms with Crippen molar-refractivity contribution in [2.24, 2.45) is 11.8 Å². The molecule has 8 heteroatoms. The highest BCUT2D eigenvalue weighted by molar-refractivity contribution is 7.89. The highest BCUT2D eigenvalue weighted by Gasteiger charge is 2.39. The van der Waals surface area contributed by atoms with Gasteiger partial charge in [0.2, 0.25) is 10.0 Å². The third kappa shape index (κ3) is 9.17. The molecule has 0 aromatic heterocycles. The molecule has 0 saturated heterocycles. The summed E-state index contributed by atoms with van der Waals surface area (Å²) >= 11 is 0. The molecule has 5 atom stereocenters. The summed E-state index contributed by atoms with van der Waals surface area (Å²) in [5.74, 6) is -1.85. The number of rotatable bonds is 15. The molecule has 1 N–H and O–H groups in total. The third-order valence-corrected chi connectivity index (χ3v) is 10.8. The molecule has 0 amide bonds. The summed E-state index contributed by atoms with van der Waals surface area (Å²) in [7, 11) is -4.07. The second-order valence-electron chi connectivity index (χ2n) is 12.5. The summed E-state index contributed by atoms with van der Waals surface area (Å²) in [6.07, 6.45) is -1.99. The van der Waals surface area contributed by atoms with E-state index >= 15 is 0 Å². The van der Waals surface area contributed by atoms with E-state index in [-0.39, 0.29) is 24.0 Å². The maximum absolute atomic E-state index is 14.6. The first-order chi connectivity index (χ1) is 22.4. The molecule has 0 radical (unpaired) electrons. The van der Waals surface area contributed by atoms with E-state index < -0.39 is 40.2 Å². The van der Waals surface area contributed by atoms with Crippen molar-refractivity contribution >= 4 is 16.0 Å². The van der Waals surface area contributed by atoms with Crippen molar-refractivity contribution in [1.29, 1.82) is 0 Å². The maximum Gasteiger partial charge on any atom is 0.311 e. The largest absolute Gasteiger partial charge is 0.455 e. The van der Waals surface area contributed by atoms with E-state index in [1.165, 1.54) is 4.31 Å². The molecule has 4 aromatic carbocycles. The Balaban J connectivity index is 1.62. The summed E-state index contributed by atoms with van der Waals surface area (Å²) in [4.78, 5) is 14.0. The van der Waals surface area contributed by atoms with Gasteiger partial charge in [-0.05, 0) is 62.4 Å². The molecule has 0 aliphatic heterocycles. The molecule has 0 aliphatic carbocycles. The van der Waals surface area contributed by atoms with Crippen molar-refractivity contribution in [3.8, 4) is 0 Å². The van der Waals surface area contributed by atoms with Crippen molar-refractivity contribution in [3.05, 3.63) is 137 Å². The van der Waals surface area contributed by atoms with Crippen molar-refractivity contribution in [2.45, 2.75) is 77.8 Å². The van der Waals surface area contributed by atoms with E-state index in [4.69, 9.17) is 9.47 Å². The minimum atomic E-state index is -4.07. The number of esters is 1. The average molecular weight is 658 g/mol. The first-order valence-electron chi connectivity index (χ1n) is 16.1. The number of aliphatic hydroxyl groups is 1. The van der Waals surface area contributed by atoms with Crippen molar-refractivity contribution in [2.75, 3.05) is 6.61 Å². The number of sulfonamides is 1. The summed E-state index contributed by atoms with van der Waals surface area (Å²) in [5, 5.41) is 11.2. The zero-order chi connectivity index (χ0) is 34.1. The van der Waals surface area contributed by atoms with Crippen LogP contribution in [0.15, 0.2) is 108 Å². The van der Waals surface area contributed by atoms with Gasteiger partial charge in [0, 0.05) is 12.5 Å². The predicted molar refractivity (Wildman–Crippen MR) is 185 cm³/mol. The van der Waals surface area contributed by atoms with E-state index in [2.05, 4.69) is 0 Å². The molecule has 4 rings (SSSR count). The Kier molecular flexibility index (Phi) is 12.5. The number of aliphatic hydroxyl groups excluding tert-OH is 1. The molecule has 47 heavy (non-hydrogen) atoms. The Bertz CT molecular complexity index is 1670. The number of carbonyl (C=O) groups is 1. The Morgan fingerprint density at radius 2 is 1.30 bits per heavy atom. The van der Waals surface area contributed by atoms with E-state index in [0.717, 1.165) is 16.7 Å².